The molecule has 0 aliphatic heterocycles. The average Bonchev–Trinajstić information content (AvgIpc) is 2.70. The van der Waals surface area contributed by atoms with Crippen LogP contribution in [0.4, 0.5) is 10.5 Å². The Bertz CT molecular complexity index is 731. The van der Waals surface area contributed by atoms with E-state index in [2.05, 4.69) is 10.1 Å². The summed E-state index contributed by atoms with van der Waals surface area (Å²) < 4.78 is 14.6. The molecule has 160 valence electrons. The standard InChI is InChI=1S/C19H26N2O8/c1-5-28-16(22)19(3,17(23)29-6-2)11-13(12-20-18(24)27-4)14-9-7-8-10-15(14)21(25)26/h7-10,13H,5-6,11-12H2,1-4H3,(H,20,24). The first-order valence-corrected chi connectivity index (χ1v) is 9.10. The number of ether oxygens (including phenoxy) is 3. The predicted molar refractivity (Wildman–Crippen MR) is 102 cm³/mol. The Hall–Kier alpha value is -3.17. The molecule has 0 aliphatic rings. The maximum Gasteiger partial charge on any atom is 0.406 e. The average molecular weight is 410 g/mol. The predicted octanol–water partition coefficient (Wildman–Crippen LogP) is 2.56. The first-order chi connectivity index (χ1) is 13.7. The highest BCUT2D eigenvalue weighted by Crippen LogP contribution is 2.37. The molecular formula is C19H26N2O8. The number of nitrogens with zero attached hydrogens (tertiary/aromatic N) is 1. The molecule has 0 saturated heterocycles. The molecule has 0 aromatic heterocycles. The van der Waals surface area contributed by atoms with Gasteiger partial charge in [-0.2, -0.15) is 0 Å². The molecular weight excluding hydrogens is 384 g/mol. The number of para-hydroxylation sites is 1. The van der Waals surface area contributed by atoms with Gasteiger partial charge in [0.2, 0.25) is 0 Å². The smallest absolute Gasteiger partial charge is 0.406 e. The van der Waals surface area contributed by atoms with Crippen molar-refractivity contribution in [3.8, 4) is 0 Å². The fourth-order valence-electron chi connectivity index (χ4n) is 2.89. The van der Waals surface area contributed by atoms with Crippen LogP contribution in [0.5, 0.6) is 0 Å². The molecule has 0 spiro atoms. The van der Waals surface area contributed by atoms with E-state index < -0.39 is 34.3 Å². The lowest BCUT2D eigenvalue weighted by atomic mass is 9.77. The largest absolute Gasteiger partial charge is 0.465 e. The fraction of sp³-hybridized carbons (Fsp3) is 0.526. The first kappa shape index (κ1) is 23.9. The molecule has 1 aromatic carbocycles. The molecule has 0 saturated carbocycles. The van der Waals surface area contributed by atoms with E-state index in [-0.39, 0.29) is 37.4 Å². The zero-order valence-corrected chi connectivity index (χ0v) is 16.9. The van der Waals surface area contributed by atoms with Gasteiger partial charge in [0.15, 0.2) is 5.41 Å². The lowest BCUT2D eigenvalue weighted by Crippen LogP contribution is -2.42. The zero-order valence-electron chi connectivity index (χ0n) is 16.9. The second-order valence-electron chi connectivity index (χ2n) is 6.36. The molecule has 1 atom stereocenters. The normalized spacial score (nSPS) is 11.9. The number of amides is 1. The highest BCUT2D eigenvalue weighted by atomic mass is 16.6. The van der Waals surface area contributed by atoms with Gasteiger partial charge in [-0.15, -0.1) is 0 Å². The van der Waals surface area contributed by atoms with Crippen molar-refractivity contribution >= 4 is 23.7 Å². The number of hydrogen-bond donors (Lipinski definition) is 1. The summed E-state index contributed by atoms with van der Waals surface area (Å²) >= 11 is 0. The van der Waals surface area contributed by atoms with E-state index in [0.717, 1.165) is 0 Å². The molecule has 0 radical (unpaired) electrons. The molecule has 0 fully saturated rings. The minimum absolute atomic E-state index is 0.0460. The van der Waals surface area contributed by atoms with Crippen molar-refractivity contribution in [3.05, 3.63) is 39.9 Å². The van der Waals surface area contributed by atoms with Gasteiger partial charge in [0.05, 0.1) is 25.2 Å². The highest BCUT2D eigenvalue weighted by Gasteiger charge is 2.47. The quantitative estimate of drug-likeness (QED) is 0.204. The molecule has 29 heavy (non-hydrogen) atoms. The number of alkyl carbamates (subject to hydrolysis) is 1. The van der Waals surface area contributed by atoms with E-state index in [1.165, 1.54) is 32.2 Å². The van der Waals surface area contributed by atoms with Gasteiger partial charge in [0, 0.05) is 24.1 Å². The van der Waals surface area contributed by atoms with E-state index in [1.807, 2.05) is 0 Å². The number of rotatable bonds is 10. The number of nitrogens with one attached hydrogen (secondary N) is 1. The van der Waals surface area contributed by atoms with Gasteiger partial charge in [-0.3, -0.25) is 19.7 Å². The van der Waals surface area contributed by atoms with Crippen LogP contribution in [0.25, 0.3) is 0 Å². The van der Waals surface area contributed by atoms with Crippen LogP contribution in [0.1, 0.15) is 38.7 Å². The van der Waals surface area contributed by atoms with Gasteiger partial charge in [-0.05, 0) is 27.2 Å². The van der Waals surface area contributed by atoms with Crippen molar-refractivity contribution in [2.75, 3.05) is 26.9 Å². The molecule has 10 nitrogen and oxygen atoms in total. The number of nitro groups is 1. The molecule has 0 bridgehead atoms. The fourth-order valence-corrected chi connectivity index (χ4v) is 2.89. The number of benzene rings is 1. The lowest BCUT2D eigenvalue weighted by Gasteiger charge is -2.29. The Balaban J connectivity index is 3.39. The Morgan fingerprint density at radius 2 is 1.69 bits per heavy atom. The summed E-state index contributed by atoms with van der Waals surface area (Å²) in [6.07, 6.45) is -0.929. The highest BCUT2D eigenvalue weighted by molar-refractivity contribution is 5.99. The Kier molecular flexibility index (Phi) is 9.04. The zero-order chi connectivity index (χ0) is 22.0. The Labute approximate surface area is 168 Å². The second-order valence-corrected chi connectivity index (χ2v) is 6.36. The van der Waals surface area contributed by atoms with E-state index in [4.69, 9.17) is 9.47 Å². The summed E-state index contributed by atoms with van der Waals surface area (Å²) in [5.41, 5.74) is -1.66. The molecule has 0 aliphatic carbocycles. The minimum atomic E-state index is -1.72. The minimum Gasteiger partial charge on any atom is -0.465 e. The van der Waals surface area contributed by atoms with Crippen molar-refractivity contribution in [1.82, 2.24) is 5.32 Å². The number of carbonyl (C=O) groups is 3. The monoisotopic (exact) mass is 410 g/mol. The maximum absolute atomic E-state index is 12.6. The molecule has 1 amide bonds. The van der Waals surface area contributed by atoms with E-state index in [1.54, 1.807) is 19.9 Å². The topological polar surface area (TPSA) is 134 Å². The van der Waals surface area contributed by atoms with Gasteiger partial charge < -0.3 is 19.5 Å². The van der Waals surface area contributed by atoms with E-state index >= 15 is 0 Å². The molecule has 0 heterocycles. The van der Waals surface area contributed by atoms with Crippen LogP contribution < -0.4 is 5.32 Å². The van der Waals surface area contributed by atoms with Gasteiger partial charge in [-0.1, -0.05) is 18.2 Å². The SMILES string of the molecule is CCOC(=O)C(C)(CC(CNC(=O)OC)c1ccccc1[N+](=O)[O-])C(=O)OCC. The van der Waals surface area contributed by atoms with Crippen molar-refractivity contribution < 1.29 is 33.5 Å². The van der Waals surface area contributed by atoms with Crippen LogP contribution in [-0.4, -0.2) is 49.8 Å². The third kappa shape index (κ3) is 6.16. The summed E-state index contributed by atoms with van der Waals surface area (Å²) in [7, 11) is 1.18. The maximum atomic E-state index is 12.6. The number of esters is 2. The molecule has 1 unspecified atom stereocenters. The number of nitro benzene ring substituents is 1. The number of methoxy groups -OCH3 is 1. The van der Waals surface area contributed by atoms with Gasteiger partial charge in [0.1, 0.15) is 0 Å². The molecule has 1 aromatic rings. The summed E-state index contributed by atoms with van der Waals surface area (Å²) in [4.78, 5) is 47.6. The third-order valence-corrected chi connectivity index (χ3v) is 4.36. The third-order valence-electron chi connectivity index (χ3n) is 4.36. The summed E-state index contributed by atoms with van der Waals surface area (Å²) in [5.74, 6) is -2.38. The van der Waals surface area contributed by atoms with Crippen LogP contribution >= 0.6 is 0 Å². The van der Waals surface area contributed by atoms with Crippen LogP contribution in [0.2, 0.25) is 0 Å². The van der Waals surface area contributed by atoms with Gasteiger partial charge >= 0.3 is 18.0 Å². The Morgan fingerprint density at radius 3 is 2.17 bits per heavy atom. The molecule has 10 heteroatoms. The lowest BCUT2D eigenvalue weighted by molar-refractivity contribution is -0.385. The van der Waals surface area contributed by atoms with Crippen molar-refractivity contribution in [1.29, 1.82) is 0 Å². The number of hydrogen-bond acceptors (Lipinski definition) is 8. The molecule has 1 rings (SSSR count). The Morgan fingerprint density at radius 1 is 1.14 bits per heavy atom. The van der Waals surface area contributed by atoms with Crippen molar-refractivity contribution in [2.45, 2.75) is 33.1 Å². The van der Waals surface area contributed by atoms with Crippen molar-refractivity contribution in [2.24, 2.45) is 5.41 Å². The second kappa shape index (κ2) is 11.0. The van der Waals surface area contributed by atoms with Crippen LogP contribution in [0.3, 0.4) is 0 Å². The van der Waals surface area contributed by atoms with E-state index in [9.17, 15) is 24.5 Å². The summed E-state index contributed by atoms with van der Waals surface area (Å²) in [5, 5.41) is 13.9. The van der Waals surface area contributed by atoms with Crippen LogP contribution in [-0.2, 0) is 23.8 Å². The molecule has 1 N–H and O–H groups in total. The van der Waals surface area contributed by atoms with Crippen molar-refractivity contribution in [3.63, 3.8) is 0 Å². The van der Waals surface area contributed by atoms with Gasteiger partial charge in [0.25, 0.3) is 5.69 Å². The van der Waals surface area contributed by atoms with Crippen LogP contribution in [0.15, 0.2) is 24.3 Å². The van der Waals surface area contributed by atoms with E-state index in [0.29, 0.717) is 0 Å². The first-order valence-electron chi connectivity index (χ1n) is 9.10. The number of carbonyl (C=O) groups excluding carboxylic acids is 3. The van der Waals surface area contributed by atoms with Gasteiger partial charge in [-0.25, -0.2) is 4.79 Å². The summed E-state index contributed by atoms with van der Waals surface area (Å²) in [6.45, 7) is 4.55. The van der Waals surface area contributed by atoms with Crippen LogP contribution in [0, 0.1) is 15.5 Å². The summed E-state index contributed by atoms with van der Waals surface area (Å²) in [6, 6.07) is 5.92.